The van der Waals surface area contributed by atoms with E-state index in [1.807, 2.05) is 48.5 Å². The molecule has 1 aliphatic heterocycles. The van der Waals surface area contributed by atoms with Gasteiger partial charge in [-0.3, -0.25) is 0 Å². The largest absolute Gasteiger partial charge is 0.490 e. The van der Waals surface area contributed by atoms with Crippen molar-refractivity contribution in [1.82, 2.24) is 4.90 Å². The van der Waals surface area contributed by atoms with Gasteiger partial charge in [0.25, 0.3) is 0 Å². The lowest BCUT2D eigenvalue weighted by Gasteiger charge is -2.29. The van der Waals surface area contributed by atoms with E-state index in [2.05, 4.69) is 22.6 Å². The van der Waals surface area contributed by atoms with Crippen LogP contribution in [0.3, 0.4) is 0 Å². The van der Waals surface area contributed by atoms with Crippen LogP contribution in [0, 0.1) is 0 Å². The number of anilines is 2. The molecule has 2 N–H and O–H groups in total. The fourth-order valence-corrected chi connectivity index (χ4v) is 3.10. The Balaban J connectivity index is 1.50. The molecule has 0 atom stereocenters. The number of thiocarbonyl (C=S) groups is 1. The molecule has 1 fully saturated rings. The Morgan fingerprint density at radius 1 is 1.00 bits per heavy atom. The second-order valence-corrected chi connectivity index (χ2v) is 7.08. The molecule has 2 aromatic rings. The lowest BCUT2D eigenvalue weighted by atomic mass is 10.1. The highest BCUT2D eigenvalue weighted by atomic mass is 35.5. The highest BCUT2D eigenvalue weighted by molar-refractivity contribution is 7.80. The van der Waals surface area contributed by atoms with Crippen LogP contribution >= 0.6 is 23.8 Å². The van der Waals surface area contributed by atoms with Gasteiger partial charge in [-0.15, -0.1) is 0 Å². The summed E-state index contributed by atoms with van der Waals surface area (Å²) in [4.78, 5) is 2.33. The van der Waals surface area contributed by atoms with E-state index < -0.39 is 0 Å². The zero-order chi connectivity index (χ0) is 17.6. The van der Waals surface area contributed by atoms with E-state index in [1.54, 1.807) is 0 Å². The Kier molecular flexibility index (Phi) is 6.13. The summed E-state index contributed by atoms with van der Waals surface area (Å²) in [6.45, 7) is 2.18. The predicted molar refractivity (Wildman–Crippen MR) is 109 cm³/mol. The minimum atomic E-state index is 0.308. The van der Waals surface area contributed by atoms with Crippen molar-refractivity contribution in [3.8, 4) is 5.75 Å². The van der Waals surface area contributed by atoms with Gasteiger partial charge in [-0.05, 0) is 80.6 Å². The van der Waals surface area contributed by atoms with Gasteiger partial charge in [-0.2, -0.15) is 0 Å². The number of piperidine rings is 1. The molecule has 0 radical (unpaired) electrons. The second kappa shape index (κ2) is 8.52. The fourth-order valence-electron chi connectivity index (χ4n) is 2.74. The van der Waals surface area contributed by atoms with Crippen molar-refractivity contribution in [2.45, 2.75) is 18.9 Å². The summed E-state index contributed by atoms with van der Waals surface area (Å²) in [7, 11) is 2.15. The summed E-state index contributed by atoms with van der Waals surface area (Å²) in [5, 5.41) is 7.53. The summed E-state index contributed by atoms with van der Waals surface area (Å²) in [5.41, 5.74) is 1.81. The Morgan fingerprint density at radius 2 is 1.52 bits per heavy atom. The first kappa shape index (κ1) is 18.0. The van der Waals surface area contributed by atoms with Crippen LogP contribution in [0.2, 0.25) is 5.02 Å². The third-order valence-electron chi connectivity index (χ3n) is 4.18. The highest BCUT2D eigenvalue weighted by Crippen LogP contribution is 2.21. The van der Waals surface area contributed by atoms with Crippen LogP contribution in [0.15, 0.2) is 48.5 Å². The average molecular weight is 376 g/mol. The number of rotatable bonds is 4. The summed E-state index contributed by atoms with van der Waals surface area (Å²) >= 11 is 11.2. The molecule has 0 saturated carbocycles. The van der Waals surface area contributed by atoms with Crippen LogP contribution in [0.4, 0.5) is 11.4 Å². The molecule has 1 heterocycles. The number of ether oxygens (including phenoxy) is 1. The Hall–Kier alpha value is -1.82. The van der Waals surface area contributed by atoms with Gasteiger partial charge in [-0.1, -0.05) is 11.6 Å². The number of nitrogens with one attached hydrogen (secondary N) is 2. The van der Waals surface area contributed by atoms with E-state index >= 15 is 0 Å². The van der Waals surface area contributed by atoms with E-state index in [-0.39, 0.29) is 0 Å². The summed E-state index contributed by atoms with van der Waals surface area (Å²) in [5.74, 6) is 0.900. The monoisotopic (exact) mass is 375 g/mol. The zero-order valence-electron chi connectivity index (χ0n) is 14.2. The van der Waals surface area contributed by atoms with Crippen LogP contribution in [0.5, 0.6) is 5.75 Å². The van der Waals surface area contributed by atoms with Crippen LogP contribution in [-0.4, -0.2) is 36.3 Å². The van der Waals surface area contributed by atoms with E-state index in [4.69, 9.17) is 28.6 Å². The van der Waals surface area contributed by atoms with Crippen LogP contribution in [-0.2, 0) is 0 Å². The zero-order valence-corrected chi connectivity index (χ0v) is 15.7. The summed E-state index contributed by atoms with van der Waals surface area (Å²) in [6, 6.07) is 15.3. The minimum Gasteiger partial charge on any atom is -0.490 e. The van der Waals surface area contributed by atoms with E-state index in [1.165, 1.54) is 0 Å². The SMILES string of the molecule is CN1CCC(Oc2ccc(NC(=S)Nc3ccc(Cl)cc3)cc2)CC1. The minimum absolute atomic E-state index is 0.308. The number of nitrogens with zero attached hydrogens (tertiary/aromatic N) is 1. The molecule has 0 aliphatic carbocycles. The molecule has 1 aliphatic rings. The van der Waals surface area contributed by atoms with Crippen molar-refractivity contribution < 1.29 is 4.74 Å². The summed E-state index contributed by atoms with van der Waals surface area (Å²) in [6.07, 6.45) is 2.46. The van der Waals surface area contributed by atoms with Crippen LogP contribution in [0.1, 0.15) is 12.8 Å². The fraction of sp³-hybridized carbons (Fsp3) is 0.316. The molecule has 6 heteroatoms. The van der Waals surface area contributed by atoms with Crippen molar-refractivity contribution >= 4 is 40.3 Å². The molecule has 3 rings (SSSR count). The third-order valence-corrected chi connectivity index (χ3v) is 4.64. The molecule has 0 unspecified atom stereocenters. The third kappa shape index (κ3) is 5.59. The van der Waals surface area contributed by atoms with Gasteiger partial charge in [0.1, 0.15) is 11.9 Å². The molecule has 132 valence electrons. The standard InChI is InChI=1S/C19H22ClN3OS/c1-23-12-10-18(11-13-23)24-17-8-6-16(7-9-17)22-19(25)21-15-4-2-14(20)3-5-15/h2-9,18H,10-13H2,1H3,(H2,21,22,25). The number of halogens is 1. The molecule has 2 aromatic carbocycles. The molecule has 0 bridgehead atoms. The number of hydrogen-bond donors (Lipinski definition) is 2. The molecule has 1 saturated heterocycles. The van der Waals surface area contributed by atoms with Gasteiger partial charge >= 0.3 is 0 Å². The molecule has 4 nitrogen and oxygen atoms in total. The van der Waals surface area contributed by atoms with Crippen LogP contribution in [0.25, 0.3) is 0 Å². The van der Waals surface area contributed by atoms with E-state index in [9.17, 15) is 0 Å². The van der Waals surface area contributed by atoms with Crippen molar-refractivity contribution in [3.63, 3.8) is 0 Å². The average Bonchev–Trinajstić information content (AvgIpc) is 2.61. The number of hydrogen-bond acceptors (Lipinski definition) is 3. The van der Waals surface area contributed by atoms with Gasteiger partial charge in [0.15, 0.2) is 5.11 Å². The predicted octanol–water partition coefficient (Wildman–Crippen LogP) is 4.62. The normalized spacial score (nSPS) is 15.6. The molecular formula is C19H22ClN3OS. The quantitative estimate of drug-likeness (QED) is 0.762. The van der Waals surface area contributed by atoms with Crippen molar-refractivity contribution in [2.75, 3.05) is 30.8 Å². The van der Waals surface area contributed by atoms with Gasteiger partial charge in [0.05, 0.1) is 0 Å². The lowest BCUT2D eigenvalue weighted by Crippen LogP contribution is -2.35. The van der Waals surface area contributed by atoms with E-state index in [0.717, 1.165) is 43.1 Å². The van der Waals surface area contributed by atoms with Crippen LogP contribution < -0.4 is 15.4 Å². The lowest BCUT2D eigenvalue weighted by molar-refractivity contribution is 0.114. The highest BCUT2D eigenvalue weighted by Gasteiger charge is 2.17. The van der Waals surface area contributed by atoms with Gasteiger partial charge < -0.3 is 20.3 Å². The Labute approximate surface area is 159 Å². The molecule has 25 heavy (non-hydrogen) atoms. The first-order valence-corrected chi connectivity index (χ1v) is 9.16. The second-order valence-electron chi connectivity index (χ2n) is 6.23. The molecular weight excluding hydrogens is 354 g/mol. The molecule has 0 aromatic heterocycles. The Morgan fingerprint density at radius 3 is 2.08 bits per heavy atom. The van der Waals surface area contributed by atoms with Crippen molar-refractivity contribution in [2.24, 2.45) is 0 Å². The maximum absolute atomic E-state index is 6.06. The first-order valence-electron chi connectivity index (χ1n) is 8.37. The van der Waals surface area contributed by atoms with Crippen molar-refractivity contribution in [3.05, 3.63) is 53.6 Å². The maximum atomic E-state index is 6.06. The van der Waals surface area contributed by atoms with Gasteiger partial charge in [-0.25, -0.2) is 0 Å². The smallest absolute Gasteiger partial charge is 0.175 e. The number of likely N-dealkylation sites (tertiary alicyclic amines) is 1. The first-order chi connectivity index (χ1) is 12.1. The van der Waals surface area contributed by atoms with Gasteiger partial charge in [0, 0.05) is 29.5 Å². The van der Waals surface area contributed by atoms with E-state index in [0.29, 0.717) is 16.2 Å². The topological polar surface area (TPSA) is 36.5 Å². The molecule has 0 spiro atoms. The Bertz CT molecular complexity index is 698. The maximum Gasteiger partial charge on any atom is 0.175 e. The van der Waals surface area contributed by atoms with Gasteiger partial charge in [0.2, 0.25) is 0 Å². The molecule has 0 amide bonds. The number of benzene rings is 2. The summed E-state index contributed by atoms with van der Waals surface area (Å²) < 4.78 is 6.06. The van der Waals surface area contributed by atoms with Crippen molar-refractivity contribution in [1.29, 1.82) is 0 Å².